The number of anilines is 1. The van der Waals surface area contributed by atoms with Crippen LogP contribution in [0.1, 0.15) is 32.8 Å². The Kier molecular flexibility index (Phi) is 4.59. The Labute approximate surface area is 109 Å². The highest BCUT2D eigenvalue weighted by Gasteiger charge is 2.17. The van der Waals surface area contributed by atoms with Crippen LogP contribution < -0.4 is 15.8 Å². The van der Waals surface area contributed by atoms with Gasteiger partial charge in [-0.2, -0.15) is 0 Å². The minimum absolute atomic E-state index is 0.0206. The Bertz CT molecular complexity index is 428. The number of ether oxygens (including phenoxy) is 1. The summed E-state index contributed by atoms with van der Waals surface area (Å²) in [5.74, 6) is 0.544. The summed E-state index contributed by atoms with van der Waals surface area (Å²) in [6.45, 7) is 7.93. The summed E-state index contributed by atoms with van der Waals surface area (Å²) >= 11 is 0. The van der Waals surface area contributed by atoms with Gasteiger partial charge in [0, 0.05) is 11.2 Å². The molecule has 0 aromatic heterocycles. The maximum atomic E-state index is 11.7. The van der Waals surface area contributed by atoms with Crippen LogP contribution in [-0.4, -0.2) is 18.1 Å². The number of nitrogens with one attached hydrogen (secondary N) is 1. The average molecular weight is 250 g/mol. The highest BCUT2D eigenvalue weighted by Crippen LogP contribution is 2.18. The second-order valence-electron chi connectivity index (χ2n) is 5.09. The molecule has 1 aromatic rings. The van der Waals surface area contributed by atoms with Gasteiger partial charge in [0.05, 0.1) is 0 Å². The molecule has 1 amide bonds. The first kappa shape index (κ1) is 14.4. The van der Waals surface area contributed by atoms with Crippen LogP contribution in [0.2, 0.25) is 0 Å². The Morgan fingerprint density at radius 3 is 2.67 bits per heavy atom. The monoisotopic (exact) mass is 250 g/mol. The molecular formula is C14H22N2O2. The van der Waals surface area contributed by atoms with Gasteiger partial charge in [0.15, 0.2) is 6.61 Å². The van der Waals surface area contributed by atoms with E-state index in [9.17, 15) is 4.79 Å². The summed E-state index contributed by atoms with van der Waals surface area (Å²) in [6, 6.07) is 5.37. The molecule has 0 aliphatic heterocycles. The van der Waals surface area contributed by atoms with Gasteiger partial charge >= 0.3 is 0 Å². The van der Waals surface area contributed by atoms with E-state index in [1.807, 2.05) is 33.8 Å². The van der Waals surface area contributed by atoms with Crippen LogP contribution in [0, 0.1) is 6.92 Å². The Balaban J connectivity index is 2.50. The van der Waals surface area contributed by atoms with E-state index in [0.29, 0.717) is 5.75 Å². The number of carbonyl (C=O) groups is 1. The lowest BCUT2D eigenvalue weighted by Gasteiger charge is -2.24. The summed E-state index contributed by atoms with van der Waals surface area (Å²) in [6.07, 6.45) is 0.875. The molecule has 4 nitrogen and oxygen atoms in total. The summed E-state index contributed by atoms with van der Waals surface area (Å²) in [5.41, 5.74) is 7.18. The van der Waals surface area contributed by atoms with Gasteiger partial charge in [-0.1, -0.05) is 6.92 Å². The average Bonchev–Trinajstić information content (AvgIpc) is 2.30. The highest BCUT2D eigenvalue weighted by molar-refractivity contribution is 5.78. The highest BCUT2D eigenvalue weighted by atomic mass is 16.5. The molecule has 0 saturated carbocycles. The van der Waals surface area contributed by atoms with Crippen molar-refractivity contribution < 1.29 is 9.53 Å². The van der Waals surface area contributed by atoms with Gasteiger partial charge in [0.1, 0.15) is 5.75 Å². The topological polar surface area (TPSA) is 64.3 Å². The number of aryl methyl sites for hydroxylation is 1. The Hall–Kier alpha value is -1.71. The van der Waals surface area contributed by atoms with Crippen molar-refractivity contribution in [2.45, 2.75) is 39.7 Å². The lowest BCUT2D eigenvalue weighted by Crippen LogP contribution is -2.44. The second kappa shape index (κ2) is 5.76. The molecule has 0 saturated heterocycles. The number of nitrogen functional groups attached to an aromatic ring is 1. The number of nitrogens with two attached hydrogens (primary N) is 1. The van der Waals surface area contributed by atoms with Crippen molar-refractivity contribution >= 4 is 11.6 Å². The predicted octanol–water partition coefficient (Wildman–Crippen LogP) is 2.26. The van der Waals surface area contributed by atoms with Crippen LogP contribution >= 0.6 is 0 Å². The molecule has 0 bridgehead atoms. The standard InChI is InChI=1S/C14H22N2O2/c1-5-14(3,4)16-13(17)9-18-11-6-7-12(15)10(2)8-11/h6-8H,5,9,15H2,1-4H3,(H,16,17). The van der Waals surface area contributed by atoms with Crippen LogP contribution in [0.25, 0.3) is 0 Å². The summed E-state index contributed by atoms with van der Waals surface area (Å²) in [4.78, 5) is 11.7. The van der Waals surface area contributed by atoms with E-state index in [1.54, 1.807) is 12.1 Å². The van der Waals surface area contributed by atoms with Gasteiger partial charge in [-0.3, -0.25) is 4.79 Å². The molecule has 3 N–H and O–H groups in total. The fourth-order valence-corrected chi connectivity index (χ4v) is 1.39. The molecule has 0 aliphatic carbocycles. The Morgan fingerprint density at radius 1 is 1.44 bits per heavy atom. The van der Waals surface area contributed by atoms with Crippen molar-refractivity contribution in [1.29, 1.82) is 0 Å². The molecule has 0 fully saturated rings. The molecule has 0 unspecified atom stereocenters. The molecular weight excluding hydrogens is 228 g/mol. The maximum absolute atomic E-state index is 11.7. The largest absolute Gasteiger partial charge is 0.484 e. The van der Waals surface area contributed by atoms with Gasteiger partial charge in [0.2, 0.25) is 0 Å². The number of rotatable bonds is 5. The quantitative estimate of drug-likeness (QED) is 0.788. The lowest BCUT2D eigenvalue weighted by molar-refractivity contribution is -0.124. The van der Waals surface area contributed by atoms with Crippen molar-refractivity contribution in [3.63, 3.8) is 0 Å². The number of benzene rings is 1. The van der Waals surface area contributed by atoms with Crippen LogP contribution in [0.15, 0.2) is 18.2 Å². The van der Waals surface area contributed by atoms with E-state index in [1.165, 1.54) is 0 Å². The molecule has 100 valence electrons. The van der Waals surface area contributed by atoms with E-state index in [0.717, 1.165) is 17.7 Å². The normalized spacial score (nSPS) is 11.1. The summed E-state index contributed by atoms with van der Waals surface area (Å²) < 4.78 is 5.43. The van der Waals surface area contributed by atoms with E-state index >= 15 is 0 Å². The second-order valence-corrected chi connectivity index (χ2v) is 5.09. The fourth-order valence-electron chi connectivity index (χ4n) is 1.39. The molecule has 1 aromatic carbocycles. The van der Waals surface area contributed by atoms with Gasteiger partial charge in [-0.05, 0) is 51.0 Å². The first-order valence-electron chi connectivity index (χ1n) is 6.14. The molecule has 0 heterocycles. The van der Waals surface area contributed by atoms with Crippen LogP contribution in [0.4, 0.5) is 5.69 Å². The van der Waals surface area contributed by atoms with Gasteiger partial charge in [0.25, 0.3) is 5.91 Å². The number of hydrogen-bond donors (Lipinski definition) is 2. The minimum Gasteiger partial charge on any atom is -0.484 e. The van der Waals surface area contributed by atoms with Crippen molar-refractivity contribution in [1.82, 2.24) is 5.32 Å². The van der Waals surface area contributed by atoms with Gasteiger partial charge in [-0.25, -0.2) is 0 Å². The maximum Gasteiger partial charge on any atom is 0.258 e. The third kappa shape index (κ3) is 4.28. The molecule has 0 atom stereocenters. The summed E-state index contributed by atoms with van der Waals surface area (Å²) in [7, 11) is 0. The molecule has 0 aliphatic rings. The zero-order valence-corrected chi connectivity index (χ0v) is 11.5. The molecule has 0 spiro atoms. The fraction of sp³-hybridized carbons (Fsp3) is 0.500. The third-order valence-electron chi connectivity index (χ3n) is 2.97. The molecule has 0 radical (unpaired) electrons. The van der Waals surface area contributed by atoms with E-state index in [-0.39, 0.29) is 18.1 Å². The van der Waals surface area contributed by atoms with Crippen LogP contribution in [0.3, 0.4) is 0 Å². The SMILES string of the molecule is CCC(C)(C)NC(=O)COc1ccc(N)c(C)c1. The Morgan fingerprint density at radius 2 is 2.11 bits per heavy atom. The molecule has 4 heteroatoms. The van der Waals surface area contributed by atoms with E-state index in [2.05, 4.69) is 5.32 Å². The van der Waals surface area contributed by atoms with Crippen molar-refractivity contribution in [3.05, 3.63) is 23.8 Å². The minimum atomic E-state index is -0.197. The third-order valence-corrected chi connectivity index (χ3v) is 2.97. The number of hydrogen-bond acceptors (Lipinski definition) is 3. The lowest BCUT2D eigenvalue weighted by atomic mass is 10.0. The van der Waals surface area contributed by atoms with E-state index < -0.39 is 0 Å². The first-order chi connectivity index (χ1) is 8.34. The number of amides is 1. The van der Waals surface area contributed by atoms with Gasteiger partial charge in [-0.15, -0.1) is 0 Å². The van der Waals surface area contributed by atoms with Crippen molar-refractivity contribution in [3.8, 4) is 5.75 Å². The first-order valence-corrected chi connectivity index (χ1v) is 6.14. The molecule has 18 heavy (non-hydrogen) atoms. The van der Waals surface area contributed by atoms with Crippen molar-refractivity contribution in [2.24, 2.45) is 0 Å². The van der Waals surface area contributed by atoms with Crippen molar-refractivity contribution in [2.75, 3.05) is 12.3 Å². The molecule has 1 rings (SSSR count). The number of carbonyl (C=O) groups excluding carboxylic acids is 1. The zero-order valence-electron chi connectivity index (χ0n) is 11.5. The summed E-state index contributed by atoms with van der Waals surface area (Å²) in [5, 5.41) is 2.91. The smallest absolute Gasteiger partial charge is 0.258 e. The van der Waals surface area contributed by atoms with Gasteiger partial charge < -0.3 is 15.8 Å². The predicted molar refractivity (Wildman–Crippen MR) is 73.6 cm³/mol. The van der Waals surface area contributed by atoms with E-state index in [4.69, 9.17) is 10.5 Å². The van der Waals surface area contributed by atoms with Crippen LogP contribution in [0.5, 0.6) is 5.75 Å². The van der Waals surface area contributed by atoms with Crippen LogP contribution in [-0.2, 0) is 4.79 Å². The zero-order chi connectivity index (χ0) is 13.8.